The number of amides is 3. The van der Waals surface area contributed by atoms with Crippen LogP contribution < -0.4 is 21.7 Å². The van der Waals surface area contributed by atoms with Gasteiger partial charge in [-0.05, 0) is 38.2 Å². The molecule has 0 aromatic heterocycles. The van der Waals surface area contributed by atoms with Gasteiger partial charge in [-0.1, -0.05) is 0 Å². The van der Waals surface area contributed by atoms with E-state index in [1.165, 1.54) is 11.8 Å². The quantitative estimate of drug-likeness (QED) is 0.103. The van der Waals surface area contributed by atoms with Crippen LogP contribution in [-0.2, 0) is 28.8 Å². The van der Waals surface area contributed by atoms with E-state index in [0.29, 0.717) is 12.2 Å². The molecule has 0 aliphatic rings. The predicted molar refractivity (Wildman–Crippen MR) is 120 cm³/mol. The summed E-state index contributed by atoms with van der Waals surface area (Å²) in [5, 5.41) is 43.1. The number of carbonyl (C=O) groups excluding carboxylic acids is 3. The molecular weight excluding hydrogens is 476 g/mol. The lowest BCUT2D eigenvalue weighted by Crippen LogP contribution is -2.58. The summed E-state index contributed by atoms with van der Waals surface area (Å²) in [6.07, 6.45) is -1.26. The first-order valence-corrected chi connectivity index (χ1v) is 11.7. The van der Waals surface area contributed by atoms with E-state index in [1.54, 1.807) is 0 Å². The molecule has 0 radical (unpaired) electrons. The number of aliphatic hydroxyl groups is 1. The fourth-order valence-electron chi connectivity index (χ4n) is 2.64. The highest BCUT2D eigenvalue weighted by Crippen LogP contribution is 2.06. The number of hydrogen-bond donors (Lipinski definition) is 8. The molecule has 0 rings (SSSR count). The predicted octanol–water partition coefficient (Wildman–Crippen LogP) is -2.28. The SMILES string of the molecule is CSCCC(N)C(=O)NC(CCC(=O)O)C(=O)NC(CCC(=O)O)C(=O)NC(C(=O)O)C(C)O. The maximum absolute atomic E-state index is 12.8. The van der Waals surface area contributed by atoms with Crippen molar-refractivity contribution in [3.8, 4) is 0 Å². The van der Waals surface area contributed by atoms with Crippen LogP contribution in [0, 0.1) is 0 Å². The first kappa shape index (κ1) is 31.1. The standard InChI is InChI=1S/C19H32N4O10S/c1-9(24)15(19(32)33)23-18(31)12(4-6-14(27)28)22-17(30)11(3-5-13(25)26)21-16(29)10(20)7-8-34-2/h9-12,15,24H,3-8,20H2,1-2H3,(H,21,29)(H,22,30)(H,23,31)(H,25,26)(H,27,28)(H,32,33). The van der Waals surface area contributed by atoms with Crippen LogP contribution in [0.4, 0.5) is 0 Å². The van der Waals surface area contributed by atoms with Crippen LogP contribution in [0.2, 0.25) is 0 Å². The lowest BCUT2D eigenvalue weighted by molar-refractivity contribution is -0.145. The number of rotatable bonds is 17. The first-order chi connectivity index (χ1) is 15.8. The highest BCUT2D eigenvalue weighted by Gasteiger charge is 2.32. The summed E-state index contributed by atoms with van der Waals surface area (Å²) in [6.45, 7) is 1.11. The Hall–Kier alpha value is -2.91. The molecule has 3 amide bonds. The Labute approximate surface area is 200 Å². The van der Waals surface area contributed by atoms with Crippen LogP contribution in [-0.4, -0.2) is 98.3 Å². The smallest absolute Gasteiger partial charge is 0.328 e. The largest absolute Gasteiger partial charge is 0.481 e. The van der Waals surface area contributed by atoms with Gasteiger partial charge in [0.15, 0.2) is 6.04 Å². The molecule has 0 saturated carbocycles. The van der Waals surface area contributed by atoms with Crippen LogP contribution in [0.25, 0.3) is 0 Å². The molecule has 34 heavy (non-hydrogen) atoms. The van der Waals surface area contributed by atoms with Crippen LogP contribution >= 0.6 is 11.8 Å². The molecule has 14 nitrogen and oxygen atoms in total. The molecule has 0 aliphatic carbocycles. The van der Waals surface area contributed by atoms with Crippen molar-refractivity contribution in [3.63, 3.8) is 0 Å². The molecule has 15 heteroatoms. The molecule has 0 bridgehead atoms. The van der Waals surface area contributed by atoms with Crippen LogP contribution in [0.5, 0.6) is 0 Å². The summed E-state index contributed by atoms with van der Waals surface area (Å²) in [5.74, 6) is -6.33. The molecule has 0 heterocycles. The van der Waals surface area contributed by atoms with Crippen LogP contribution in [0.3, 0.4) is 0 Å². The maximum atomic E-state index is 12.8. The van der Waals surface area contributed by atoms with Gasteiger partial charge in [0.25, 0.3) is 0 Å². The second-order valence-corrected chi connectivity index (χ2v) is 8.43. The molecule has 0 spiro atoms. The molecule has 5 atom stereocenters. The summed E-state index contributed by atoms with van der Waals surface area (Å²) in [6, 6.07) is -5.65. The minimum Gasteiger partial charge on any atom is -0.481 e. The zero-order chi connectivity index (χ0) is 26.4. The average Bonchev–Trinajstić information content (AvgIpc) is 2.74. The Morgan fingerprint density at radius 1 is 0.794 bits per heavy atom. The van der Waals surface area contributed by atoms with Crippen molar-refractivity contribution in [2.45, 2.75) is 69.3 Å². The van der Waals surface area contributed by atoms with Crippen molar-refractivity contribution >= 4 is 47.4 Å². The molecular formula is C19H32N4O10S. The maximum Gasteiger partial charge on any atom is 0.328 e. The van der Waals surface area contributed by atoms with Gasteiger partial charge in [0.05, 0.1) is 12.1 Å². The Balaban J connectivity index is 5.58. The van der Waals surface area contributed by atoms with Crippen molar-refractivity contribution in [2.75, 3.05) is 12.0 Å². The summed E-state index contributed by atoms with van der Waals surface area (Å²) in [5.41, 5.74) is 5.77. The molecule has 0 aromatic rings. The van der Waals surface area contributed by atoms with Crippen molar-refractivity contribution in [3.05, 3.63) is 0 Å². The van der Waals surface area contributed by atoms with Gasteiger partial charge in [-0.25, -0.2) is 4.79 Å². The van der Waals surface area contributed by atoms with Gasteiger partial charge in [0.2, 0.25) is 17.7 Å². The Morgan fingerprint density at radius 3 is 1.62 bits per heavy atom. The molecule has 9 N–H and O–H groups in total. The molecule has 0 fully saturated rings. The van der Waals surface area contributed by atoms with E-state index in [0.717, 1.165) is 6.92 Å². The number of nitrogens with two attached hydrogens (primary N) is 1. The molecule has 0 saturated heterocycles. The lowest BCUT2D eigenvalue weighted by atomic mass is 10.1. The number of carboxylic acids is 3. The number of thioether (sulfide) groups is 1. The minimum atomic E-state index is -1.73. The zero-order valence-corrected chi connectivity index (χ0v) is 19.7. The third-order valence-corrected chi connectivity index (χ3v) is 5.22. The van der Waals surface area contributed by atoms with E-state index >= 15 is 0 Å². The third-order valence-electron chi connectivity index (χ3n) is 4.58. The van der Waals surface area contributed by atoms with E-state index in [1.807, 2.05) is 11.6 Å². The van der Waals surface area contributed by atoms with Gasteiger partial charge in [-0.2, -0.15) is 11.8 Å². The monoisotopic (exact) mass is 508 g/mol. The molecule has 0 aliphatic heterocycles. The van der Waals surface area contributed by atoms with Crippen molar-refractivity contribution in [1.29, 1.82) is 0 Å². The number of hydrogen-bond acceptors (Lipinski definition) is 9. The number of carbonyl (C=O) groups is 6. The fourth-order valence-corrected chi connectivity index (χ4v) is 3.13. The van der Waals surface area contributed by atoms with Gasteiger partial charge in [0.1, 0.15) is 12.1 Å². The van der Waals surface area contributed by atoms with Crippen molar-refractivity contribution < 1.29 is 49.2 Å². The fraction of sp³-hybridized carbons (Fsp3) is 0.684. The van der Waals surface area contributed by atoms with Gasteiger partial charge in [-0.15, -0.1) is 0 Å². The zero-order valence-electron chi connectivity index (χ0n) is 18.9. The topological polar surface area (TPSA) is 245 Å². The number of aliphatic hydroxyl groups excluding tert-OH is 1. The van der Waals surface area contributed by atoms with E-state index < -0.39 is 85.2 Å². The number of aliphatic carboxylic acids is 3. The van der Waals surface area contributed by atoms with Gasteiger partial charge < -0.3 is 42.1 Å². The highest BCUT2D eigenvalue weighted by atomic mass is 32.2. The summed E-state index contributed by atoms with van der Waals surface area (Å²) in [4.78, 5) is 70.8. The molecule has 5 unspecified atom stereocenters. The normalized spacial score (nSPS) is 15.2. The van der Waals surface area contributed by atoms with E-state index in [2.05, 4.69) is 10.6 Å². The Kier molecular flexibility index (Phi) is 14.5. The van der Waals surface area contributed by atoms with Crippen LogP contribution in [0.1, 0.15) is 39.0 Å². The van der Waals surface area contributed by atoms with E-state index in [4.69, 9.17) is 21.1 Å². The van der Waals surface area contributed by atoms with Crippen molar-refractivity contribution in [2.24, 2.45) is 5.73 Å². The second-order valence-electron chi connectivity index (χ2n) is 7.44. The molecule has 0 aromatic carbocycles. The Morgan fingerprint density at radius 2 is 1.24 bits per heavy atom. The van der Waals surface area contributed by atoms with Gasteiger partial charge >= 0.3 is 17.9 Å². The van der Waals surface area contributed by atoms with Crippen LogP contribution in [0.15, 0.2) is 0 Å². The number of carboxylic acid groups (broad SMARTS) is 3. The van der Waals surface area contributed by atoms with Gasteiger partial charge in [-0.3, -0.25) is 24.0 Å². The second kappa shape index (κ2) is 15.8. The third kappa shape index (κ3) is 12.4. The average molecular weight is 509 g/mol. The summed E-state index contributed by atoms with van der Waals surface area (Å²) >= 11 is 1.45. The van der Waals surface area contributed by atoms with E-state index in [-0.39, 0.29) is 6.42 Å². The highest BCUT2D eigenvalue weighted by molar-refractivity contribution is 7.98. The minimum absolute atomic E-state index is 0.292. The van der Waals surface area contributed by atoms with Gasteiger partial charge in [0, 0.05) is 12.8 Å². The lowest BCUT2D eigenvalue weighted by Gasteiger charge is -2.25. The number of nitrogens with one attached hydrogen (secondary N) is 3. The summed E-state index contributed by atoms with van der Waals surface area (Å²) in [7, 11) is 0. The van der Waals surface area contributed by atoms with E-state index in [9.17, 15) is 33.9 Å². The Bertz CT molecular complexity index is 749. The summed E-state index contributed by atoms with van der Waals surface area (Å²) < 4.78 is 0. The molecule has 194 valence electrons. The first-order valence-electron chi connectivity index (χ1n) is 10.3. The van der Waals surface area contributed by atoms with Crippen molar-refractivity contribution in [1.82, 2.24) is 16.0 Å².